The van der Waals surface area contributed by atoms with E-state index in [-0.39, 0.29) is 10.3 Å². The fourth-order valence-electron chi connectivity index (χ4n) is 1.48. The predicted octanol–water partition coefficient (Wildman–Crippen LogP) is 3.44. The summed E-state index contributed by atoms with van der Waals surface area (Å²) in [6.07, 6.45) is 0.774. The van der Waals surface area contributed by atoms with Gasteiger partial charge in [-0.2, -0.15) is 0 Å². The van der Waals surface area contributed by atoms with Gasteiger partial charge >= 0.3 is 0 Å². The number of sulfonamides is 1. The lowest BCUT2D eigenvalue weighted by Crippen LogP contribution is -2.34. The highest BCUT2D eigenvalue weighted by atomic mass is 79.9. The molecule has 7 heteroatoms. The molecule has 0 aromatic heterocycles. The fraction of sp³-hybridized carbons (Fsp3) is 0.538. The zero-order valence-electron chi connectivity index (χ0n) is 11.7. The van der Waals surface area contributed by atoms with E-state index in [1.165, 1.54) is 12.1 Å². The summed E-state index contributed by atoms with van der Waals surface area (Å²) >= 11 is 9.08. The van der Waals surface area contributed by atoms with E-state index in [0.29, 0.717) is 22.6 Å². The molecular formula is C13H19BrClNO3S. The normalized spacial score (nSPS) is 12.7. The van der Waals surface area contributed by atoms with Crippen molar-refractivity contribution < 1.29 is 13.2 Å². The third-order valence-corrected chi connectivity index (χ3v) is 5.54. The quantitative estimate of drug-likeness (QED) is 0.783. The molecule has 0 aliphatic carbocycles. The molecule has 0 saturated heterocycles. The molecule has 0 radical (unpaired) electrons. The standard InChI is InChI=1S/C13H19BrClNO3S/c1-13(2,6-7-19-3)9-16-20(17,18)10-4-5-12(15)11(14)8-10/h4-5,8,16H,6-7,9H2,1-3H3. The van der Waals surface area contributed by atoms with Crippen LogP contribution in [-0.4, -0.2) is 28.7 Å². The fourth-order valence-corrected chi connectivity index (χ4v) is 3.40. The van der Waals surface area contributed by atoms with E-state index in [0.717, 1.165) is 6.42 Å². The molecule has 0 aliphatic heterocycles. The van der Waals surface area contributed by atoms with Crippen LogP contribution in [0.5, 0.6) is 0 Å². The Kier molecular flexibility index (Phi) is 6.47. The topological polar surface area (TPSA) is 55.4 Å². The van der Waals surface area contributed by atoms with E-state index in [4.69, 9.17) is 16.3 Å². The van der Waals surface area contributed by atoms with Gasteiger partial charge in [0.05, 0.1) is 9.92 Å². The number of ether oxygens (including phenoxy) is 1. The number of methoxy groups -OCH3 is 1. The molecule has 1 rings (SSSR count). The minimum absolute atomic E-state index is 0.174. The van der Waals surface area contributed by atoms with Gasteiger partial charge < -0.3 is 4.74 Å². The van der Waals surface area contributed by atoms with Crippen LogP contribution in [0.3, 0.4) is 0 Å². The molecule has 0 aliphatic rings. The maximum atomic E-state index is 12.2. The van der Waals surface area contributed by atoms with Gasteiger partial charge in [0.25, 0.3) is 0 Å². The van der Waals surface area contributed by atoms with Crippen LogP contribution in [0.15, 0.2) is 27.6 Å². The van der Waals surface area contributed by atoms with Crippen LogP contribution in [-0.2, 0) is 14.8 Å². The summed E-state index contributed by atoms with van der Waals surface area (Å²) in [5.41, 5.74) is -0.174. The van der Waals surface area contributed by atoms with E-state index >= 15 is 0 Å². The van der Waals surface area contributed by atoms with Crippen LogP contribution in [0.25, 0.3) is 0 Å². The highest BCUT2D eigenvalue weighted by molar-refractivity contribution is 9.10. The van der Waals surface area contributed by atoms with Gasteiger partial charge in [0.15, 0.2) is 0 Å². The maximum Gasteiger partial charge on any atom is 0.240 e. The van der Waals surface area contributed by atoms with Crippen molar-refractivity contribution in [2.75, 3.05) is 20.3 Å². The van der Waals surface area contributed by atoms with Gasteiger partial charge in [-0.25, -0.2) is 13.1 Å². The van der Waals surface area contributed by atoms with Gasteiger partial charge in [-0.05, 0) is 46.0 Å². The Morgan fingerprint density at radius 3 is 2.60 bits per heavy atom. The van der Waals surface area contributed by atoms with E-state index < -0.39 is 10.0 Å². The van der Waals surface area contributed by atoms with Crippen LogP contribution in [0.2, 0.25) is 5.02 Å². The first-order valence-corrected chi connectivity index (χ1v) is 8.77. The van der Waals surface area contributed by atoms with Crippen molar-refractivity contribution in [3.8, 4) is 0 Å². The number of nitrogens with one attached hydrogen (secondary N) is 1. The van der Waals surface area contributed by atoms with Gasteiger partial charge in [-0.1, -0.05) is 25.4 Å². The molecule has 0 spiro atoms. The second-order valence-electron chi connectivity index (χ2n) is 5.31. The number of halogens is 2. The molecule has 0 unspecified atom stereocenters. The average molecular weight is 385 g/mol. The Morgan fingerprint density at radius 1 is 1.40 bits per heavy atom. The molecule has 0 bridgehead atoms. The Balaban J connectivity index is 2.77. The number of hydrogen-bond acceptors (Lipinski definition) is 3. The zero-order valence-corrected chi connectivity index (χ0v) is 14.9. The van der Waals surface area contributed by atoms with Gasteiger partial charge in [-0.15, -0.1) is 0 Å². The van der Waals surface area contributed by atoms with Gasteiger partial charge in [0, 0.05) is 24.7 Å². The van der Waals surface area contributed by atoms with Crippen molar-refractivity contribution in [3.05, 3.63) is 27.7 Å². The molecular weight excluding hydrogens is 366 g/mol. The van der Waals surface area contributed by atoms with Gasteiger partial charge in [0.1, 0.15) is 0 Å². The van der Waals surface area contributed by atoms with Crippen LogP contribution < -0.4 is 4.72 Å². The van der Waals surface area contributed by atoms with Crippen LogP contribution in [0.1, 0.15) is 20.3 Å². The summed E-state index contributed by atoms with van der Waals surface area (Å²) in [4.78, 5) is 0.191. The van der Waals surface area contributed by atoms with Crippen molar-refractivity contribution in [3.63, 3.8) is 0 Å². The third-order valence-electron chi connectivity index (χ3n) is 2.93. The minimum atomic E-state index is -3.54. The van der Waals surface area contributed by atoms with Gasteiger partial charge in [-0.3, -0.25) is 0 Å². The maximum absolute atomic E-state index is 12.2. The van der Waals surface area contributed by atoms with E-state index in [1.807, 2.05) is 13.8 Å². The summed E-state index contributed by atoms with van der Waals surface area (Å²) in [6.45, 7) is 4.93. The molecule has 1 aromatic carbocycles. The summed E-state index contributed by atoms with van der Waals surface area (Å²) in [6, 6.07) is 4.53. The van der Waals surface area contributed by atoms with Crippen molar-refractivity contribution >= 4 is 37.6 Å². The lowest BCUT2D eigenvalue weighted by Gasteiger charge is -2.24. The highest BCUT2D eigenvalue weighted by Crippen LogP contribution is 2.26. The average Bonchev–Trinajstić information content (AvgIpc) is 2.37. The van der Waals surface area contributed by atoms with Crippen LogP contribution in [0.4, 0.5) is 0 Å². The molecule has 0 atom stereocenters. The molecule has 0 heterocycles. The molecule has 1 N–H and O–H groups in total. The monoisotopic (exact) mass is 383 g/mol. The van der Waals surface area contributed by atoms with E-state index in [9.17, 15) is 8.42 Å². The Bertz CT molecular complexity index is 561. The molecule has 114 valence electrons. The lowest BCUT2D eigenvalue weighted by atomic mass is 9.90. The predicted molar refractivity (Wildman–Crippen MR) is 84.6 cm³/mol. The number of benzene rings is 1. The van der Waals surface area contributed by atoms with Crippen molar-refractivity contribution in [1.82, 2.24) is 4.72 Å². The molecule has 0 saturated carbocycles. The molecule has 0 amide bonds. The second kappa shape index (κ2) is 7.22. The lowest BCUT2D eigenvalue weighted by molar-refractivity contribution is 0.153. The zero-order chi connectivity index (χ0) is 15.4. The van der Waals surface area contributed by atoms with Crippen molar-refractivity contribution in [1.29, 1.82) is 0 Å². The number of rotatable bonds is 7. The molecule has 4 nitrogen and oxygen atoms in total. The largest absolute Gasteiger partial charge is 0.385 e. The molecule has 0 fully saturated rings. The second-order valence-corrected chi connectivity index (χ2v) is 8.34. The van der Waals surface area contributed by atoms with Crippen LogP contribution >= 0.6 is 27.5 Å². The van der Waals surface area contributed by atoms with Crippen molar-refractivity contribution in [2.24, 2.45) is 5.41 Å². The summed E-state index contributed by atoms with van der Waals surface area (Å²) < 4.78 is 32.6. The van der Waals surface area contributed by atoms with Crippen molar-refractivity contribution in [2.45, 2.75) is 25.2 Å². The summed E-state index contributed by atoms with van der Waals surface area (Å²) in [7, 11) is -1.91. The van der Waals surface area contributed by atoms with Gasteiger partial charge in [0.2, 0.25) is 10.0 Å². The van der Waals surface area contributed by atoms with Crippen LogP contribution in [0, 0.1) is 5.41 Å². The SMILES string of the molecule is COCCC(C)(C)CNS(=O)(=O)c1ccc(Cl)c(Br)c1. The smallest absolute Gasteiger partial charge is 0.240 e. The Hall–Kier alpha value is -0.140. The molecule has 20 heavy (non-hydrogen) atoms. The highest BCUT2D eigenvalue weighted by Gasteiger charge is 2.22. The summed E-state index contributed by atoms with van der Waals surface area (Å²) in [5.74, 6) is 0. The number of hydrogen-bond donors (Lipinski definition) is 1. The molecule has 1 aromatic rings. The third kappa shape index (κ3) is 5.33. The first kappa shape index (κ1) is 17.9. The Morgan fingerprint density at radius 2 is 2.05 bits per heavy atom. The first-order chi connectivity index (χ1) is 9.18. The van der Waals surface area contributed by atoms with E-state index in [2.05, 4.69) is 20.7 Å². The minimum Gasteiger partial charge on any atom is -0.385 e. The summed E-state index contributed by atoms with van der Waals surface area (Å²) in [5, 5.41) is 0.476. The van der Waals surface area contributed by atoms with E-state index in [1.54, 1.807) is 13.2 Å². The Labute approximate surface area is 134 Å². The first-order valence-electron chi connectivity index (χ1n) is 6.12.